The number of nitrogens with zero attached hydrogens (tertiary/aromatic N) is 6. The van der Waals surface area contributed by atoms with Crippen molar-refractivity contribution < 1.29 is 9.13 Å². The molecule has 1 aliphatic heterocycles. The van der Waals surface area contributed by atoms with Gasteiger partial charge in [-0.05, 0) is 43.7 Å². The molecule has 3 aromatic rings. The molecule has 2 atom stereocenters. The second-order valence-corrected chi connectivity index (χ2v) is 8.59. The molecular formula is C21H23ClFN7O. The summed E-state index contributed by atoms with van der Waals surface area (Å²) in [6.45, 7) is 3.83. The van der Waals surface area contributed by atoms with Gasteiger partial charge in [-0.3, -0.25) is 0 Å². The Bertz CT molecular complexity index is 1090. The SMILES string of the molecule is Cc1cc(N2CC3CCC(C2)C3Nc2nc(Oc3cccc(Cl)c3F)n(C)n2)ncn1. The Labute approximate surface area is 184 Å². The number of anilines is 2. The van der Waals surface area contributed by atoms with E-state index in [1.54, 1.807) is 19.4 Å². The molecule has 1 aromatic carbocycles. The van der Waals surface area contributed by atoms with E-state index in [4.69, 9.17) is 16.3 Å². The number of hydrogen-bond donors (Lipinski definition) is 1. The van der Waals surface area contributed by atoms with Crippen molar-refractivity contribution in [3.05, 3.63) is 47.1 Å². The molecule has 31 heavy (non-hydrogen) atoms. The number of aromatic nitrogens is 5. The van der Waals surface area contributed by atoms with Crippen molar-refractivity contribution in [1.82, 2.24) is 24.7 Å². The summed E-state index contributed by atoms with van der Waals surface area (Å²) in [5.74, 6) is 1.79. The van der Waals surface area contributed by atoms with Gasteiger partial charge in [0, 0.05) is 37.9 Å². The van der Waals surface area contributed by atoms with E-state index >= 15 is 0 Å². The highest BCUT2D eigenvalue weighted by atomic mass is 35.5. The first-order valence-corrected chi connectivity index (χ1v) is 10.7. The normalized spacial score (nSPS) is 22.6. The maximum atomic E-state index is 14.2. The third-order valence-electron chi connectivity index (χ3n) is 6.08. The third-order valence-corrected chi connectivity index (χ3v) is 6.38. The molecule has 2 fully saturated rings. The van der Waals surface area contributed by atoms with Crippen LogP contribution in [0.5, 0.6) is 11.8 Å². The lowest BCUT2D eigenvalue weighted by Crippen LogP contribution is -2.48. The highest BCUT2D eigenvalue weighted by Gasteiger charge is 2.43. The zero-order valence-electron chi connectivity index (χ0n) is 17.3. The highest BCUT2D eigenvalue weighted by Crippen LogP contribution is 2.40. The quantitative estimate of drug-likeness (QED) is 0.641. The standard InChI is InChI=1S/C21H23ClFN7O/c1-12-8-17(25-11-24-12)30-9-13-6-7-14(10-30)19(13)26-20-27-21(29(2)28-20)31-16-5-3-4-15(22)18(16)23/h3-5,8,11,13-14,19H,6-7,9-10H2,1-2H3,(H,26,28). The van der Waals surface area contributed by atoms with Gasteiger partial charge in [0.15, 0.2) is 11.6 Å². The molecule has 8 nitrogen and oxygen atoms in total. The maximum Gasteiger partial charge on any atom is 0.322 e. The summed E-state index contributed by atoms with van der Waals surface area (Å²) in [7, 11) is 1.71. The van der Waals surface area contributed by atoms with Gasteiger partial charge in [-0.15, -0.1) is 5.10 Å². The smallest absolute Gasteiger partial charge is 0.322 e. The zero-order chi connectivity index (χ0) is 21.5. The third kappa shape index (κ3) is 3.89. The number of benzene rings is 1. The first-order chi connectivity index (χ1) is 15.0. The molecule has 0 radical (unpaired) electrons. The number of fused-ring (bicyclic) bond motifs is 2. The first kappa shape index (κ1) is 20.0. The molecule has 3 heterocycles. The van der Waals surface area contributed by atoms with Gasteiger partial charge in [0.05, 0.1) is 5.02 Å². The van der Waals surface area contributed by atoms with Crippen molar-refractivity contribution in [2.75, 3.05) is 23.3 Å². The molecule has 2 aliphatic rings. The van der Waals surface area contributed by atoms with Gasteiger partial charge < -0.3 is 15.0 Å². The van der Waals surface area contributed by atoms with Crippen molar-refractivity contribution in [3.63, 3.8) is 0 Å². The van der Waals surface area contributed by atoms with Crippen LogP contribution in [0.25, 0.3) is 0 Å². The number of nitrogens with one attached hydrogen (secondary N) is 1. The molecule has 1 aliphatic carbocycles. The first-order valence-electron chi connectivity index (χ1n) is 10.3. The average molecular weight is 444 g/mol. The predicted octanol–water partition coefficient (Wildman–Crippen LogP) is 3.83. The van der Waals surface area contributed by atoms with Crippen LogP contribution in [0.1, 0.15) is 18.5 Å². The summed E-state index contributed by atoms with van der Waals surface area (Å²) in [5, 5.41) is 7.92. The molecule has 1 saturated carbocycles. The Morgan fingerprint density at radius 2 is 1.97 bits per heavy atom. The molecule has 5 rings (SSSR count). The van der Waals surface area contributed by atoms with E-state index in [-0.39, 0.29) is 22.8 Å². The zero-order valence-corrected chi connectivity index (χ0v) is 18.1. The Kier molecular flexibility index (Phi) is 5.13. The summed E-state index contributed by atoms with van der Waals surface area (Å²) in [6, 6.07) is 7.11. The molecule has 162 valence electrons. The van der Waals surface area contributed by atoms with Crippen LogP contribution in [0.2, 0.25) is 5.02 Å². The average Bonchev–Trinajstić information content (AvgIpc) is 3.19. The maximum absolute atomic E-state index is 14.2. The van der Waals surface area contributed by atoms with Crippen molar-refractivity contribution >= 4 is 23.4 Å². The molecule has 2 aromatic heterocycles. The Morgan fingerprint density at radius 1 is 1.19 bits per heavy atom. The van der Waals surface area contributed by atoms with E-state index in [1.807, 2.05) is 13.0 Å². The second kappa shape index (κ2) is 7.96. The Morgan fingerprint density at radius 3 is 2.71 bits per heavy atom. The molecule has 0 spiro atoms. The summed E-state index contributed by atoms with van der Waals surface area (Å²) in [6.07, 6.45) is 3.92. The number of halogens is 2. The van der Waals surface area contributed by atoms with Crippen molar-refractivity contribution in [1.29, 1.82) is 0 Å². The molecule has 2 unspecified atom stereocenters. The van der Waals surface area contributed by atoms with Crippen LogP contribution in [0.15, 0.2) is 30.6 Å². The fourth-order valence-electron chi connectivity index (χ4n) is 4.59. The van der Waals surface area contributed by atoms with E-state index in [0.29, 0.717) is 17.8 Å². The predicted molar refractivity (Wildman–Crippen MR) is 115 cm³/mol. The minimum absolute atomic E-state index is 0.000216. The van der Waals surface area contributed by atoms with Gasteiger partial charge in [-0.25, -0.2) is 19.0 Å². The minimum Gasteiger partial charge on any atom is -0.421 e. The largest absolute Gasteiger partial charge is 0.421 e. The highest BCUT2D eigenvalue weighted by molar-refractivity contribution is 6.30. The van der Waals surface area contributed by atoms with E-state index in [1.165, 1.54) is 16.8 Å². The molecular weight excluding hydrogens is 421 g/mol. The van der Waals surface area contributed by atoms with Gasteiger partial charge in [0.25, 0.3) is 0 Å². The van der Waals surface area contributed by atoms with Crippen LogP contribution in [0.3, 0.4) is 0 Å². The molecule has 1 N–H and O–H groups in total. The van der Waals surface area contributed by atoms with E-state index in [9.17, 15) is 4.39 Å². The van der Waals surface area contributed by atoms with Crippen LogP contribution in [-0.2, 0) is 7.05 Å². The van der Waals surface area contributed by atoms with Crippen LogP contribution in [0.4, 0.5) is 16.2 Å². The van der Waals surface area contributed by atoms with Gasteiger partial charge in [-0.2, -0.15) is 4.98 Å². The topological polar surface area (TPSA) is 81.0 Å². The lowest BCUT2D eigenvalue weighted by atomic mass is 9.92. The fourth-order valence-corrected chi connectivity index (χ4v) is 4.76. The van der Waals surface area contributed by atoms with Gasteiger partial charge in [0.2, 0.25) is 5.95 Å². The minimum atomic E-state index is -0.618. The Balaban J connectivity index is 1.29. The molecule has 1 saturated heterocycles. The summed E-state index contributed by atoms with van der Waals surface area (Å²) in [5.41, 5.74) is 0.971. The number of ether oxygens (including phenoxy) is 1. The van der Waals surface area contributed by atoms with Crippen molar-refractivity contribution in [2.24, 2.45) is 18.9 Å². The summed E-state index contributed by atoms with van der Waals surface area (Å²) < 4.78 is 21.3. The number of piperidine rings is 1. The Hall–Kier alpha value is -2.94. The second-order valence-electron chi connectivity index (χ2n) is 8.19. The lowest BCUT2D eigenvalue weighted by Gasteiger charge is -2.38. The fraction of sp³-hybridized carbons (Fsp3) is 0.429. The van der Waals surface area contributed by atoms with Crippen molar-refractivity contribution in [3.8, 4) is 11.8 Å². The van der Waals surface area contributed by atoms with Gasteiger partial charge in [0.1, 0.15) is 12.1 Å². The van der Waals surface area contributed by atoms with Crippen LogP contribution in [-0.4, -0.2) is 43.9 Å². The monoisotopic (exact) mass is 443 g/mol. The number of hydrogen-bond acceptors (Lipinski definition) is 7. The summed E-state index contributed by atoms with van der Waals surface area (Å²) >= 11 is 5.84. The number of rotatable bonds is 5. The molecule has 10 heteroatoms. The van der Waals surface area contributed by atoms with Crippen LogP contribution >= 0.6 is 11.6 Å². The molecule has 2 bridgehead atoms. The summed E-state index contributed by atoms with van der Waals surface area (Å²) in [4.78, 5) is 15.4. The van der Waals surface area contributed by atoms with E-state index in [0.717, 1.165) is 37.4 Å². The van der Waals surface area contributed by atoms with Crippen LogP contribution in [0, 0.1) is 24.6 Å². The lowest BCUT2D eigenvalue weighted by molar-refractivity contribution is 0.374. The van der Waals surface area contributed by atoms with E-state index in [2.05, 4.69) is 30.3 Å². The van der Waals surface area contributed by atoms with Gasteiger partial charge >= 0.3 is 6.01 Å². The van der Waals surface area contributed by atoms with Gasteiger partial charge in [-0.1, -0.05) is 17.7 Å². The number of aryl methyl sites for hydroxylation is 2. The molecule has 0 amide bonds. The van der Waals surface area contributed by atoms with E-state index < -0.39 is 5.82 Å². The van der Waals surface area contributed by atoms with Crippen molar-refractivity contribution in [2.45, 2.75) is 25.8 Å². The van der Waals surface area contributed by atoms with Crippen LogP contribution < -0.4 is 15.0 Å².